The second kappa shape index (κ2) is 20.2. The third-order valence-electron chi connectivity index (χ3n) is 7.03. The standard InChI is InChI=1S/2C18H15P.C7H8.6FH.Ir.Sb/c2*1-4-10-16(11-5-1)19(17-12-6-2-7-13-17)18-14-8-3-9-15-18;1-7-5-3-2-4-6-7;;;;;;;;/h2*1-15H;2-6H,1H3;6*1H;;/q;;;;;;;;;;+5/p-6. The van der Waals surface area contributed by atoms with Crippen LogP contribution in [0.1, 0.15) is 5.56 Å². The van der Waals surface area contributed by atoms with Gasteiger partial charge in [0.1, 0.15) is 0 Å². The van der Waals surface area contributed by atoms with E-state index in [9.17, 15) is 16.9 Å². The average Bonchev–Trinajstić information content (AvgIpc) is 3.14. The van der Waals surface area contributed by atoms with Gasteiger partial charge in [0, 0.05) is 20.1 Å². The quantitative estimate of drug-likeness (QED) is 0.0885. The molecule has 0 unspecified atom stereocenters. The van der Waals surface area contributed by atoms with Crippen LogP contribution in [0.4, 0.5) is 16.9 Å². The van der Waals surface area contributed by atoms with Crippen molar-refractivity contribution in [3.63, 3.8) is 0 Å². The molecule has 277 valence electrons. The Hall–Kier alpha value is -3.55. The second-order valence-electron chi connectivity index (χ2n) is 11.3. The summed E-state index contributed by atoms with van der Waals surface area (Å²) < 4.78 is 59.6. The summed E-state index contributed by atoms with van der Waals surface area (Å²) in [6, 6.07) is 74.9. The van der Waals surface area contributed by atoms with E-state index in [4.69, 9.17) is 0 Å². The molecule has 7 aromatic rings. The van der Waals surface area contributed by atoms with Gasteiger partial charge < -0.3 is 0 Å². The summed E-state index contributed by atoms with van der Waals surface area (Å²) in [6.07, 6.45) is 0. The summed E-state index contributed by atoms with van der Waals surface area (Å²) in [5.41, 5.74) is 1.32. The molecule has 0 heterocycles. The van der Waals surface area contributed by atoms with E-state index < -0.39 is 35.3 Å². The first-order valence-electron chi connectivity index (χ1n) is 16.2. The van der Waals surface area contributed by atoms with Crippen LogP contribution in [-0.4, -0.2) is 19.5 Å². The third kappa shape index (κ3) is 17.9. The van der Waals surface area contributed by atoms with E-state index in [-0.39, 0.29) is 20.1 Å². The predicted octanol–water partition coefficient (Wildman–Crippen LogP) is 11.0. The first-order chi connectivity index (χ1) is 24.7. The molecular formula is C43H38F6IrP2Sb-. The topological polar surface area (TPSA) is 0 Å². The van der Waals surface area contributed by atoms with Gasteiger partial charge in [0.2, 0.25) is 0 Å². The van der Waals surface area contributed by atoms with Crippen molar-refractivity contribution < 1.29 is 37.0 Å². The van der Waals surface area contributed by atoms with Crippen LogP contribution >= 0.6 is 15.8 Å². The van der Waals surface area contributed by atoms with Crippen LogP contribution < -0.4 is 31.8 Å². The van der Waals surface area contributed by atoms with Crippen molar-refractivity contribution in [2.45, 2.75) is 6.92 Å². The van der Waals surface area contributed by atoms with Gasteiger partial charge in [-0.1, -0.05) is 218 Å². The van der Waals surface area contributed by atoms with Crippen molar-refractivity contribution in [1.82, 2.24) is 0 Å². The van der Waals surface area contributed by atoms with Gasteiger partial charge in [-0.2, -0.15) is 0 Å². The largest absolute Gasteiger partial charge is 0.0622 e. The molecule has 1 radical (unpaired) electrons. The molecule has 0 fully saturated rings. The molecule has 0 spiro atoms. The van der Waals surface area contributed by atoms with E-state index in [1.54, 1.807) is 0 Å². The van der Waals surface area contributed by atoms with Crippen LogP contribution in [0.2, 0.25) is 0 Å². The molecular weight excluding hydrogens is 1010 g/mol. The Morgan fingerprint density at radius 2 is 0.415 bits per heavy atom. The van der Waals surface area contributed by atoms with Gasteiger partial charge in [0.15, 0.2) is 0 Å². The number of halogens is 6. The van der Waals surface area contributed by atoms with Gasteiger partial charge >= 0.3 is 36.4 Å². The van der Waals surface area contributed by atoms with Crippen molar-refractivity contribution >= 4 is 67.1 Å². The van der Waals surface area contributed by atoms with Gasteiger partial charge in [-0.25, -0.2) is 0 Å². The van der Waals surface area contributed by atoms with E-state index in [1.807, 2.05) is 18.2 Å². The SMILES string of the molecule is Cc1ccccc1.[F][Sb-]([F])([F])([F])([F])[F].[Ir].c1ccc(P(c2ccccc2)c2ccccc2)cc1.c1ccc(P(c2ccccc2)c2ccccc2)cc1. The van der Waals surface area contributed by atoms with Crippen molar-refractivity contribution in [3.05, 3.63) is 218 Å². The summed E-state index contributed by atoms with van der Waals surface area (Å²) in [4.78, 5) is 0. The van der Waals surface area contributed by atoms with Crippen LogP contribution in [0.3, 0.4) is 0 Å². The molecule has 7 rings (SSSR count). The van der Waals surface area contributed by atoms with Crippen molar-refractivity contribution in [3.8, 4) is 0 Å². The fourth-order valence-corrected chi connectivity index (χ4v) is 9.50. The molecule has 0 aromatic heterocycles. The maximum absolute atomic E-state index is 11.2. The second-order valence-corrected chi connectivity index (χ2v) is 21.2. The number of rotatable bonds is 6. The number of hydrogen-bond acceptors (Lipinski definition) is 0. The normalized spacial score (nSPS) is 11.8. The van der Waals surface area contributed by atoms with Crippen molar-refractivity contribution in [2.75, 3.05) is 0 Å². The molecule has 0 saturated heterocycles. The van der Waals surface area contributed by atoms with Crippen LogP contribution in [-0.2, 0) is 20.1 Å². The maximum atomic E-state index is 9.93. The monoisotopic (exact) mass is 1040 g/mol. The minimum atomic E-state index is -11.2. The van der Waals surface area contributed by atoms with E-state index >= 15 is 0 Å². The van der Waals surface area contributed by atoms with E-state index in [0.29, 0.717) is 0 Å². The molecule has 0 atom stereocenters. The Morgan fingerprint density at radius 3 is 0.528 bits per heavy atom. The Bertz CT molecular complexity index is 1700. The maximum Gasteiger partial charge on any atom is 0 e. The molecule has 10 heteroatoms. The summed E-state index contributed by atoms with van der Waals surface area (Å²) >= 11 is -11.2. The number of benzene rings is 7. The molecule has 0 aliphatic heterocycles. The van der Waals surface area contributed by atoms with E-state index in [1.165, 1.54) is 37.4 Å². The molecule has 0 nitrogen and oxygen atoms in total. The molecule has 0 aliphatic rings. The van der Waals surface area contributed by atoms with Gasteiger partial charge in [0.05, 0.1) is 0 Å². The zero-order valence-electron chi connectivity index (χ0n) is 28.7. The van der Waals surface area contributed by atoms with E-state index in [0.717, 1.165) is 0 Å². The molecule has 0 amide bonds. The van der Waals surface area contributed by atoms with Gasteiger partial charge in [-0.05, 0) is 54.6 Å². The van der Waals surface area contributed by atoms with Crippen LogP contribution in [0.15, 0.2) is 212 Å². The van der Waals surface area contributed by atoms with Crippen LogP contribution in [0.25, 0.3) is 0 Å². The van der Waals surface area contributed by atoms with E-state index in [2.05, 4.69) is 201 Å². The first-order valence-corrected chi connectivity index (χ1v) is 24.7. The number of aryl methyl sites for hydroxylation is 1. The summed E-state index contributed by atoms with van der Waals surface area (Å²) in [5, 5.41) is 8.39. The number of hydrogen-bond donors (Lipinski definition) is 0. The molecule has 0 N–H and O–H groups in total. The summed E-state index contributed by atoms with van der Waals surface area (Å²) in [5.74, 6) is 0. The molecule has 0 aliphatic carbocycles. The van der Waals surface area contributed by atoms with Gasteiger partial charge in [-0.3, -0.25) is 0 Å². The van der Waals surface area contributed by atoms with Crippen LogP contribution in [0.5, 0.6) is 0 Å². The zero-order valence-corrected chi connectivity index (χ0v) is 35.4. The average molecular weight is 1040 g/mol. The van der Waals surface area contributed by atoms with Crippen molar-refractivity contribution in [1.29, 1.82) is 0 Å². The van der Waals surface area contributed by atoms with Crippen molar-refractivity contribution in [2.24, 2.45) is 0 Å². The molecule has 0 bridgehead atoms. The smallest absolute Gasteiger partial charge is 0 e. The molecule has 7 aromatic carbocycles. The summed E-state index contributed by atoms with van der Waals surface area (Å²) in [7, 11) is -0.892. The minimum Gasteiger partial charge on any atom is -0.0622 e. The summed E-state index contributed by atoms with van der Waals surface area (Å²) in [6.45, 7) is 2.08. The van der Waals surface area contributed by atoms with Gasteiger partial charge in [0.25, 0.3) is 0 Å². The predicted molar refractivity (Wildman–Crippen MR) is 214 cm³/mol. The Labute approximate surface area is 326 Å². The van der Waals surface area contributed by atoms with Crippen LogP contribution in [0, 0.1) is 6.92 Å². The zero-order chi connectivity index (χ0) is 37.4. The third-order valence-corrected chi connectivity index (χ3v) is 11.9. The molecule has 53 heavy (non-hydrogen) atoms. The Kier molecular flexibility index (Phi) is 16.7. The fourth-order valence-electron chi connectivity index (χ4n) is 4.89. The first kappa shape index (κ1) is 43.8. The fraction of sp³-hybridized carbons (Fsp3) is 0.0233. The van der Waals surface area contributed by atoms with Gasteiger partial charge in [-0.15, -0.1) is 0 Å². The Morgan fingerprint density at radius 1 is 0.283 bits per heavy atom. The minimum absolute atomic E-state index is 0. The Balaban J connectivity index is 0.000000209. The molecule has 0 saturated carbocycles.